The van der Waals surface area contributed by atoms with E-state index in [1.807, 2.05) is 6.92 Å². The number of nitrogens with one attached hydrogen (secondary N) is 1. The molecule has 0 atom stereocenters. The van der Waals surface area contributed by atoms with Crippen molar-refractivity contribution in [1.82, 2.24) is 5.32 Å². The topological polar surface area (TPSA) is 28.4 Å². The summed E-state index contributed by atoms with van der Waals surface area (Å²) in [6, 6.07) is 10.9. The highest BCUT2D eigenvalue weighted by Crippen LogP contribution is 2.20. The lowest BCUT2D eigenvalue weighted by atomic mass is 10.1. The quantitative estimate of drug-likeness (QED) is 0.837. The Balaban J connectivity index is 2.02. The highest BCUT2D eigenvalue weighted by molar-refractivity contribution is 5.47. The van der Waals surface area contributed by atoms with Crippen LogP contribution in [0.2, 0.25) is 0 Å². The molecular weight excluding hydrogens is 260 g/mol. The first-order valence-electron chi connectivity index (χ1n) is 7.73. The normalized spacial score (nSPS) is 10.9. The first-order chi connectivity index (χ1) is 10.1. The summed E-state index contributed by atoms with van der Waals surface area (Å²) in [5.74, 6) is 2.03. The fourth-order valence-electron chi connectivity index (χ4n) is 2.41. The maximum absolute atomic E-state index is 5.87. The molecule has 1 aromatic heterocycles. The first kappa shape index (κ1) is 15.6. The van der Waals surface area contributed by atoms with E-state index in [-0.39, 0.29) is 0 Å². The van der Waals surface area contributed by atoms with Crippen LogP contribution >= 0.6 is 0 Å². The van der Waals surface area contributed by atoms with Gasteiger partial charge >= 0.3 is 0 Å². The van der Waals surface area contributed by atoms with Crippen molar-refractivity contribution < 1.29 is 4.42 Å². The monoisotopic (exact) mass is 286 g/mol. The van der Waals surface area contributed by atoms with Gasteiger partial charge < -0.3 is 14.6 Å². The van der Waals surface area contributed by atoms with Crippen LogP contribution in [0.3, 0.4) is 0 Å². The molecule has 1 heterocycles. The Morgan fingerprint density at radius 1 is 1.14 bits per heavy atom. The van der Waals surface area contributed by atoms with Crippen LogP contribution in [0, 0.1) is 6.92 Å². The van der Waals surface area contributed by atoms with Crippen LogP contribution < -0.4 is 10.2 Å². The molecule has 0 aliphatic heterocycles. The average Bonchev–Trinajstić information content (AvgIpc) is 2.84. The molecule has 1 aromatic carbocycles. The predicted octanol–water partition coefficient (Wildman–Crippen LogP) is 3.90. The molecule has 0 radical (unpaired) electrons. The van der Waals surface area contributed by atoms with Crippen LogP contribution in [0.15, 0.2) is 34.7 Å². The van der Waals surface area contributed by atoms with E-state index in [0.717, 1.165) is 37.6 Å². The first-order valence-corrected chi connectivity index (χ1v) is 7.73. The van der Waals surface area contributed by atoms with Gasteiger partial charge in [-0.2, -0.15) is 0 Å². The molecule has 0 aliphatic carbocycles. The van der Waals surface area contributed by atoms with Gasteiger partial charge in [0.25, 0.3) is 0 Å². The van der Waals surface area contributed by atoms with E-state index in [1.165, 1.54) is 16.8 Å². The minimum atomic E-state index is 0.790. The third kappa shape index (κ3) is 4.11. The molecule has 0 unspecified atom stereocenters. The molecule has 0 bridgehead atoms. The van der Waals surface area contributed by atoms with Gasteiger partial charge in [0, 0.05) is 24.8 Å². The molecule has 21 heavy (non-hydrogen) atoms. The number of rotatable bonds is 7. The fourth-order valence-corrected chi connectivity index (χ4v) is 2.41. The SMILES string of the molecule is CCNCc1cc(CN(C)c2ccc(CC)cc2)oc1C. The molecule has 2 rings (SSSR count). The van der Waals surface area contributed by atoms with Gasteiger partial charge in [-0.25, -0.2) is 0 Å². The van der Waals surface area contributed by atoms with Crippen molar-refractivity contribution in [3.63, 3.8) is 0 Å². The molecule has 0 spiro atoms. The molecule has 114 valence electrons. The Morgan fingerprint density at radius 2 is 1.86 bits per heavy atom. The Kier molecular flexibility index (Phi) is 5.45. The number of aryl methyl sites for hydroxylation is 2. The third-order valence-electron chi connectivity index (χ3n) is 3.82. The number of hydrogen-bond donors (Lipinski definition) is 1. The minimum Gasteiger partial charge on any atom is -0.464 e. The van der Waals surface area contributed by atoms with E-state index in [1.54, 1.807) is 0 Å². The van der Waals surface area contributed by atoms with Gasteiger partial charge in [0.1, 0.15) is 11.5 Å². The van der Waals surface area contributed by atoms with Crippen LogP contribution in [-0.2, 0) is 19.5 Å². The van der Waals surface area contributed by atoms with Gasteiger partial charge in [0.15, 0.2) is 0 Å². The largest absolute Gasteiger partial charge is 0.464 e. The summed E-state index contributed by atoms with van der Waals surface area (Å²) >= 11 is 0. The van der Waals surface area contributed by atoms with Crippen molar-refractivity contribution >= 4 is 5.69 Å². The van der Waals surface area contributed by atoms with E-state index in [2.05, 4.69) is 61.4 Å². The van der Waals surface area contributed by atoms with E-state index in [4.69, 9.17) is 4.42 Å². The number of hydrogen-bond acceptors (Lipinski definition) is 3. The predicted molar refractivity (Wildman–Crippen MR) is 88.8 cm³/mol. The van der Waals surface area contributed by atoms with Crippen molar-refractivity contribution in [2.75, 3.05) is 18.5 Å². The lowest BCUT2D eigenvalue weighted by Gasteiger charge is -2.18. The number of nitrogens with zero attached hydrogens (tertiary/aromatic N) is 1. The summed E-state index contributed by atoms with van der Waals surface area (Å²) in [6.07, 6.45) is 1.08. The summed E-state index contributed by atoms with van der Waals surface area (Å²) < 4.78 is 5.87. The zero-order valence-electron chi connectivity index (χ0n) is 13.6. The van der Waals surface area contributed by atoms with Gasteiger partial charge in [-0.05, 0) is 43.7 Å². The van der Waals surface area contributed by atoms with Gasteiger partial charge in [0.05, 0.1) is 6.54 Å². The summed E-state index contributed by atoms with van der Waals surface area (Å²) in [5, 5.41) is 3.34. The molecule has 0 saturated heterocycles. The Bertz CT molecular complexity index is 557. The van der Waals surface area contributed by atoms with Crippen LogP contribution in [0.25, 0.3) is 0 Å². The third-order valence-corrected chi connectivity index (χ3v) is 3.82. The number of benzene rings is 1. The smallest absolute Gasteiger partial charge is 0.123 e. The second-order valence-electron chi connectivity index (χ2n) is 5.45. The maximum Gasteiger partial charge on any atom is 0.123 e. The zero-order valence-corrected chi connectivity index (χ0v) is 13.6. The standard InChI is InChI=1S/C18H26N2O/c1-5-15-7-9-17(10-8-15)20(4)13-18-11-16(12-19-6-2)14(3)21-18/h7-11,19H,5-6,12-13H2,1-4H3. The lowest BCUT2D eigenvalue weighted by Crippen LogP contribution is -2.15. The summed E-state index contributed by atoms with van der Waals surface area (Å²) in [5.41, 5.74) is 3.84. The molecule has 0 aliphatic rings. The van der Waals surface area contributed by atoms with Gasteiger partial charge in [0.2, 0.25) is 0 Å². The maximum atomic E-state index is 5.87. The van der Waals surface area contributed by atoms with E-state index in [9.17, 15) is 0 Å². The fraction of sp³-hybridized carbons (Fsp3) is 0.444. The van der Waals surface area contributed by atoms with Crippen molar-refractivity contribution in [3.8, 4) is 0 Å². The highest BCUT2D eigenvalue weighted by atomic mass is 16.3. The Morgan fingerprint density at radius 3 is 2.48 bits per heavy atom. The van der Waals surface area contributed by atoms with Crippen molar-refractivity contribution in [3.05, 3.63) is 53.0 Å². The van der Waals surface area contributed by atoms with Gasteiger partial charge in [-0.15, -0.1) is 0 Å². The molecule has 0 fully saturated rings. The van der Waals surface area contributed by atoms with Gasteiger partial charge in [-0.3, -0.25) is 0 Å². The van der Waals surface area contributed by atoms with Crippen LogP contribution in [0.1, 0.15) is 36.5 Å². The minimum absolute atomic E-state index is 0.790. The molecule has 3 nitrogen and oxygen atoms in total. The van der Waals surface area contributed by atoms with Crippen LogP contribution in [0.5, 0.6) is 0 Å². The Labute approximate surface area is 128 Å². The van der Waals surface area contributed by atoms with Crippen molar-refractivity contribution in [2.45, 2.75) is 40.3 Å². The molecule has 1 N–H and O–H groups in total. The number of anilines is 1. The summed E-state index contributed by atoms with van der Waals surface area (Å²) in [7, 11) is 2.10. The highest BCUT2D eigenvalue weighted by Gasteiger charge is 2.09. The van der Waals surface area contributed by atoms with E-state index < -0.39 is 0 Å². The molecule has 3 heteroatoms. The summed E-state index contributed by atoms with van der Waals surface area (Å²) in [4.78, 5) is 2.22. The Hall–Kier alpha value is -1.74. The van der Waals surface area contributed by atoms with E-state index in [0.29, 0.717) is 0 Å². The molecular formula is C18H26N2O. The zero-order chi connectivity index (χ0) is 15.2. The van der Waals surface area contributed by atoms with Crippen molar-refractivity contribution in [2.24, 2.45) is 0 Å². The van der Waals surface area contributed by atoms with Gasteiger partial charge in [-0.1, -0.05) is 26.0 Å². The second-order valence-corrected chi connectivity index (χ2v) is 5.45. The number of furan rings is 1. The average molecular weight is 286 g/mol. The van der Waals surface area contributed by atoms with Crippen LogP contribution in [-0.4, -0.2) is 13.6 Å². The molecule has 0 saturated carbocycles. The molecule has 2 aromatic rings. The molecule has 0 amide bonds. The van der Waals surface area contributed by atoms with E-state index >= 15 is 0 Å². The second kappa shape index (κ2) is 7.32. The lowest BCUT2D eigenvalue weighted by molar-refractivity contribution is 0.478. The summed E-state index contributed by atoms with van der Waals surface area (Å²) in [6.45, 7) is 8.97. The van der Waals surface area contributed by atoms with Crippen LogP contribution in [0.4, 0.5) is 5.69 Å². The van der Waals surface area contributed by atoms with Crippen molar-refractivity contribution in [1.29, 1.82) is 0 Å².